The largest absolute Gasteiger partial charge is 0.490 e. The van der Waals surface area contributed by atoms with E-state index in [4.69, 9.17) is 20.8 Å². The van der Waals surface area contributed by atoms with Gasteiger partial charge in [-0.15, -0.1) is 0 Å². The van der Waals surface area contributed by atoms with Crippen LogP contribution in [0.5, 0.6) is 5.75 Å². The molecule has 2 aromatic rings. The summed E-state index contributed by atoms with van der Waals surface area (Å²) in [4.78, 5) is 26.6. The summed E-state index contributed by atoms with van der Waals surface area (Å²) in [7, 11) is -2.12. The number of hydrogen-bond acceptors (Lipinski definition) is 5. The van der Waals surface area contributed by atoms with Crippen molar-refractivity contribution in [1.29, 1.82) is 0 Å². The van der Waals surface area contributed by atoms with E-state index < -0.39 is 20.4 Å². The van der Waals surface area contributed by atoms with E-state index in [1.54, 1.807) is 18.2 Å². The molecular formula is C32H42ClNO5Si. The van der Waals surface area contributed by atoms with Gasteiger partial charge in [0, 0.05) is 23.5 Å². The number of fused-ring (bicyclic) bond motifs is 3. The minimum atomic E-state index is -2.12. The highest BCUT2D eigenvalue weighted by Crippen LogP contribution is 2.47. The molecule has 4 atom stereocenters. The fourth-order valence-electron chi connectivity index (χ4n) is 6.52. The Hall–Kier alpha value is -2.35. The third-order valence-corrected chi connectivity index (χ3v) is 14.7. The van der Waals surface area contributed by atoms with Gasteiger partial charge in [-0.1, -0.05) is 38.4 Å². The van der Waals surface area contributed by atoms with Gasteiger partial charge in [0.25, 0.3) is 0 Å². The normalized spacial score (nSPS) is 25.2. The van der Waals surface area contributed by atoms with Crippen LogP contribution in [0.25, 0.3) is 0 Å². The summed E-state index contributed by atoms with van der Waals surface area (Å²) in [6, 6.07) is 11.4. The molecule has 0 aromatic heterocycles. The summed E-state index contributed by atoms with van der Waals surface area (Å²) in [5, 5.41) is 10.5. The van der Waals surface area contributed by atoms with Crippen LogP contribution in [0.1, 0.15) is 67.9 Å². The number of anilines is 1. The Morgan fingerprint density at radius 1 is 1.25 bits per heavy atom. The number of aromatic carboxylic acids is 1. The van der Waals surface area contributed by atoms with Gasteiger partial charge in [0.1, 0.15) is 18.1 Å². The zero-order chi connectivity index (χ0) is 28.9. The summed E-state index contributed by atoms with van der Waals surface area (Å²) in [6.45, 7) is 13.0. The van der Waals surface area contributed by atoms with Gasteiger partial charge in [-0.3, -0.25) is 0 Å². The molecule has 1 aliphatic heterocycles. The van der Waals surface area contributed by atoms with Gasteiger partial charge in [0.15, 0.2) is 8.32 Å². The lowest BCUT2D eigenvalue weighted by molar-refractivity contribution is -0.119. The smallest absolute Gasteiger partial charge is 0.335 e. The molecule has 8 heteroatoms. The highest BCUT2D eigenvalue weighted by Gasteiger charge is 2.47. The molecular weight excluding hydrogens is 542 g/mol. The standard InChI is InChI=1S/C32H42ClNO5Si/c1-31(2,3)40(4,5)39-29(18-35)25-11-8-23(25)17-34-19-32(14-6-7-21-15-24(33)10-12-26(21)32)20-38-28-13-9-22(30(36)37)16-27(28)34/h9-10,12-13,15-16,18,23,25,29H,6-8,11,14,17,19-20H2,1-5H3,(H,36,37)/t23-,25+,29-,32?/m0/s1. The van der Waals surface area contributed by atoms with Crippen LogP contribution in [-0.2, 0) is 21.1 Å². The summed E-state index contributed by atoms with van der Waals surface area (Å²) < 4.78 is 13.1. The average molecular weight is 584 g/mol. The van der Waals surface area contributed by atoms with E-state index in [9.17, 15) is 14.7 Å². The van der Waals surface area contributed by atoms with Crippen LogP contribution in [-0.4, -0.2) is 51.5 Å². The predicted octanol–water partition coefficient (Wildman–Crippen LogP) is 7.13. The molecule has 0 saturated heterocycles. The fourth-order valence-corrected chi connectivity index (χ4v) is 7.98. The summed E-state index contributed by atoms with van der Waals surface area (Å²) in [5.74, 6) is 0.174. The van der Waals surface area contributed by atoms with Crippen molar-refractivity contribution in [1.82, 2.24) is 0 Å². The van der Waals surface area contributed by atoms with Crippen LogP contribution in [0.15, 0.2) is 36.4 Å². The van der Waals surface area contributed by atoms with Crippen LogP contribution in [0.4, 0.5) is 5.69 Å². The minimum absolute atomic E-state index is 0.0193. The third-order valence-electron chi connectivity index (χ3n) is 10.0. The fraction of sp³-hybridized carbons (Fsp3) is 0.562. The van der Waals surface area contributed by atoms with Gasteiger partial charge in [-0.25, -0.2) is 4.79 Å². The number of carboxylic acid groups (broad SMARTS) is 1. The number of aryl methyl sites for hydroxylation is 1. The molecule has 3 aliphatic rings. The van der Waals surface area contributed by atoms with E-state index in [1.165, 1.54) is 11.1 Å². The number of hydrogen-bond donors (Lipinski definition) is 1. The zero-order valence-electron chi connectivity index (χ0n) is 24.3. The Morgan fingerprint density at radius 3 is 2.67 bits per heavy atom. The number of aldehydes is 1. The van der Waals surface area contributed by atoms with Crippen molar-refractivity contribution in [2.75, 3.05) is 24.6 Å². The molecule has 0 bridgehead atoms. The Labute approximate surface area is 244 Å². The Bertz CT molecular complexity index is 1290. The first-order valence-electron chi connectivity index (χ1n) is 14.5. The van der Waals surface area contributed by atoms with Crippen molar-refractivity contribution in [2.45, 2.75) is 82.5 Å². The van der Waals surface area contributed by atoms with Gasteiger partial charge in [0.05, 0.1) is 17.9 Å². The monoisotopic (exact) mass is 583 g/mol. The van der Waals surface area contributed by atoms with Gasteiger partial charge in [0.2, 0.25) is 0 Å². The van der Waals surface area contributed by atoms with E-state index >= 15 is 0 Å². The maximum atomic E-state index is 12.3. The van der Waals surface area contributed by atoms with Crippen molar-refractivity contribution < 1.29 is 23.9 Å². The number of carboxylic acids is 1. The van der Waals surface area contributed by atoms with Crippen LogP contribution in [0.2, 0.25) is 23.2 Å². The second-order valence-electron chi connectivity index (χ2n) is 13.6. The lowest BCUT2D eigenvalue weighted by Crippen LogP contribution is -2.52. The molecule has 1 spiro atoms. The third kappa shape index (κ3) is 5.45. The van der Waals surface area contributed by atoms with Crippen LogP contribution in [0.3, 0.4) is 0 Å². The molecule has 216 valence electrons. The van der Waals surface area contributed by atoms with Crippen LogP contribution < -0.4 is 9.64 Å². The van der Waals surface area contributed by atoms with E-state index in [0.29, 0.717) is 12.4 Å². The quantitative estimate of drug-likeness (QED) is 0.276. The molecule has 40 heavy (non-hydrogen) atoms. The van der Waals surface area contributed by atoms with Crippen LogP contribution in [0, 0.1) is 11.8 Å². The molecule has 6 nitrogen and oxygen atoms in total. The molecule has 0 amide bonds. The van der Waals surface area contributed by atoms with E-state index in [1.807, 2.05) is 6.07 Å². The first-order valence-corrected chi connectivity index (χ1v) is 17.8. The van der Waals surface area contributed by atoms with E-state index in [2.05, 4.69) is 50.9 Å². The summed E-state index contributed by atoms with van der Waals surface area (Å²) >= 11 is 6.38. The predicted molar refractivity (Wildman–Crippen MR) is 162 cm³/mol. The molecule has 1 N–H and O–H groups in total. The summed E-state index contributed by atoms with van der Waals surface area (Å²) in [6.07, 6.45) is 5.59. The molecule has 0 radical (unpaired) electrons. The SMILES string of the molecule is CC(C)(C)[Si](C)(C)O[C@@H](C=O)[C@@H]1CC[C@H]1CN1CC2(CCCc3cc(Cl)ccc32)COc2ccc(C(=O)O)cc21. The molecule has 2 aromatic carbocycles. The highest BCUT2D eigenvalue weighted by atomic mass is 35.5. The van der Waals surface area contributed by atoms with Gasteiger partial charge < -0.3 is 24.0 Å². The summed E-state index contributed by atoms with van der Waals surface area (Å²) in [5.41, 5.74) is 3.37. The van der Waals surface area contributed by atoms with Crippen molar-refractivity contribution in [3.8, 4) is 5.75 Å². The highest BCUT2D eigenvalue weighted by molar-refractivity contribution is 6.74. The van der Waals surface area contributed by atoms with Crippen molar-refractivity contribution in [2.24, 2.45) is 11.8 Å². The molecule has 1 unspecified atom stereocenters. The average Bonchev–Trinajstić information content (AvgIpc) is 3.02. The second-order valence-corrected chi connectivity index (χ2v) is 18.8. The van der Waals surface area contributed by atoms with Crippen LogP contribution >= 0.6 is 11.6 Å². The van der Waals surface area contributed by atoms with Crippen molar-refractivity contribution in [3.63, 3.8) is 0 Å². The molecule has 1 saturated carbocycles. The molecule has 2 aliphatic carbocycles. The van der Waals surface area contributed by atoms with Crippen molar-refractivity contribution >= 4 is 37.9 Å². The number of nitrogens with zero attached hydrogens (tertiary/aromatic N) is 1. The number of rotatable bonds is 7. The molecule has 1 heterocycles. The Balaban J connectivity index is 1.48. The van der Waals surface area contributed by atoms with Gasteiger partial charge in [-0.2, -0.15) is 0 Å². The van der Waals surface area contributed by atoms with Gasteiger partial charge >= 0.3 is 5.97 Å². The second kappa shape index (κ2) is 10.8. The number of carbonyl (C=O) groups is 2. The number of benzene rings is 2. The maximum Gasteiger partial charge on any atom is 0.335 e. The molecule has 1 fully saturated rings. The maximum absolute atomic E-state index is 12.3. The number of halogens is 1. The van der Waals surface area contributed by atoms with Gasteiger partial charge in [-0.05, 0) is 104 Å². The zero-order valence-corrected chi connectivity index (χ0v) is 26.1. The van der Waals surface area contributed by atoms with E-state index in [-0.39, 0.29) is 27.9 Å². The first kappa shape index (κ1) is 29.1. The van der Waals surface area contributed by atoms with E-state index in [0.717, 1.165) is 62.2 Å². The minimum Gasteiger partial charge on any atom is -0.490 e. The topological polar surface area (TPSA) is 76.1 Å². The van der Waals surface area contributed by atoms with Crippen molar-refractivity contribution in [3.05, 3.63) is 58.1 Å². The number of ether oxygens (including phenoxy) is 1. The molecule has 5 rings (SSSR count). The lowest BCUT2D eigenvalue weighted by Gasteiger charge is -2.47. The Morgan fingerprint density at radius 2 is 2.02 bits per heavy atom. The Kier molecular flexibility index (Phi) is 7.87. The first-order chi connectivity index (χ1) is 18.8. The number of carbonyl (C=O) groups excluding carboxylic acids is 1. The lowest BCUT2D eigenvalue weighted by atomic mass is 9.68.